The van der Waals surface area contributed by atoms with Crippen molar-refractivity contribution in [1.82, 2.24) is 4.90 Å². The van der Waals surface area contributed by atoms with Crippen molar-refractivity contribution in [2.24, 2.45) is 5.73 Å². The van der Waals surface area contributed by atoms with Crippen molar-refractivity contribution < 1.29 is 4.39 Å². The molecular weight excluding hydrogens is 217 g/mol. The summed E-state index contributed by atoms with van der Waals surface area (Å²) in [5, 5.41) is 3.39. The van der Waals surface area contributed by atoms with E-state index < -0.39 is 0 Å². The van der Waals surface area contributed by atoms with Gasteiger partial charge in [-0.2, -0.15) is 0 Å². The van der Waals surface area contributed by atoms with Crippen LogP contribution in [0.3, 0.4) is 0 Å². The van der Waals surface area contributed by atoms with Gasteiger partial charge < -0.3 is 16.0 Å². The van der Waals surface area contributed by atoms with Crippen LogP contribution in [0.2, 0.25) is 0 Å². The van der Waals surface area contributed by atoms with E-state index in [1.54, 1.807) is 0 Å². The topological polar surface area (TPSA) is 41.3 Å². The number of halogens is 1. The molecule has 0 aromatic heterocycles. The Morgan fingerprint density at radius 2 is 2.06 bits per heavy atom. The molecule has 1 fully saturated rings. The summed E-state index contributed by atoms with van der Waals surface area (Å²) < 4.78 is 13.3. The van der Waals surface area contributed by atoms with E-state index in [4.69, 9.17) is 5.73 Å². The molecule has 0 atom stereocenters. The number of anilines is 1. The number of piperidine rings is 1. The maximum Gasteiger partial charge on any atom is 0.125 e. The molecule has 4 heteroatoms. The standard InChI is InChI=1S/C13H20FN3/c1-17-4-2-12(3-5-17)16-13-7-10(9-15)6-11(14)8-13/h6-8,12,16H,2-5,9,15H2,1H3. The van der Waals surface area contributed by atoms with Gasteiger partial charge in [-0.15, -0.1) is 0 Å². The maximum absolute atomic E-state index is 13.3. The van der Waals surface area contributed by atoms with E-state index in [1.165, 1.54) is 12.1 Å². The van der Waals surface area contributed by atoms with Crippen molar-refractivity contribution >= 4 is 5.69 Å². The first kappa shape index (κ1) is 12.3. The van der Waals surface area contributed by atoms with Crippen LogP contribution in [-0.2, 0) is 6.54 Å². The lowest BCUT2D eigenvalue weighted by Gasteiger charge is -2.30. The van der Waals surface area contributed by atoms with Crippen LogP contribution in [0.5, 0.6) is 0 Å². The Bertz CT molecular complexity index is 373. The van der Waals surface area contributed by atoms with Gasteiger partial charge in [-0.1, -0.05) is 0 Å². The molecule has 3 N–H and O–H groups in total. The SMILES string of the molecule is CN1CCC(Nc2cc(F)cc(CN)c2)CC1. The summed E-state index contributed by atoms with van der Waals surface area (Å²) >= 11 is 0. The molecule has 0 bridgehead atoms. The van der Waals surface area contributed by atoms with Gasteiger partial charge in [0.15, 0.2) is 0 Å². The molecule has 0 saturated carbocycles. The van der Waals surface area contributed by atoms with Gasteiger partial charge in [-0.3, -0.25) is 0 Å². The Balaban J connectivity index is 2.00. The lowest BCUT2D eigenvalue weighted by atomic mass is 10.0. The number of nitrogens with zero attached hydrogens (tertiary/aromatic N) is 1. The number of hydrogen-bond acceptors (Lipinski definition) is 3. The molecule has 1 aliphatic rings. The van der Waals surface area contributed by atoms with Gasteiger partial charge in [-0.05, 0) is 56.7 Å². The van der Waals surface area contributed by atoms with E-state index in [9.17, 15) is 4.39 Å². The molecule has 1 heterocycles. The van der Waals surface area contributed by atoms with Crippen LogP contribution in [0.1, 0.15) is 18.4 Å². The van der Waals surface area contributed by atoms with Crippen molar-refractivity contribution in [3.63, 3.8) is 0 Å². The maximum atomic E-state index is 13.3. The zero-order valence-electron chi connectivity index (χ0n) is 10.2. The third-order valence-electron chi connectivity index (χ3n) is 3.28. The number of likely N-dealkylation sites (tertiary alicyclic amines) is 1. The predicted molar refractivity (Wildman–Crippen MR) is 68.4 cm³/mol. The van der Waals surface area contributed by atoms with Crippen LogP contribution in [0.15, 0.2) is 18.2 Å². The Hall–Kier alpha value is -1.13. The van der Waals surface area contributed by atoms with Crippen molar-refractivity contribution in [2.75, 3.05) is 25.5 Å². The van der Waals surface area contributed by atoms with E-state index >= 15 is 0 Å². The molecule has 0 spiro atoms. The lowest BCUT2D eigenvalue weighted by molar-refractivity contribution is 0.264. The van der Waals surface area contributed by atoms with Gasteiger partial charge in [0.2, 0.25) is 0 Å². The molecule has 1 aromatic rings. The molecule has 0 unspecified atom stereocenters. The number of benzene rings is 1. The quantitative estimate of drug-likeness (QED) is 0.842. The molecule has 2 rings (SSSR count). The second kappa shape index (κ2) is 5.47. The third-order valence-corrected chi connectivity index (χ3v) is 3.28. The zero-order valence-corrected chi connectivity index (χ0v) is 10.2. The first-order chi connectivity index (χ1) is 8.17. The fourth-order valence-corrected chi connectivity index (χ4v) is 2.24. The predicted octanol–water partition coefficient (Wildman–Crippen LogP) is 1.79. The fourth-order valence-electron chi connectivity index (χ4n) is 2.24. The van der Waals surface area contributed by atoms with Gasteiger partial charge in [0.1, 0.15) is 5.82 Å². The number of nitrogens with two attached hydrogens (primary N) is 1. The average molecular weight is 237 g/mol. The minimum absolute atomic E-state index is 0.219. The summed E-state index contributed by atoms with van der Waals surface area (Å²) in [5.74, 6) is -0.219. The second-order valence-corrected chi connectivity index (χ2v) is 4.77. The van der Waals surface area contributed by atoms with Crippen LogP contribution in [0.4, 0.5) is 10.1 Å². The molecule has 1 saturated heterocycles. The summed E-state index contributed by atoms with van der Waals surface area (Å²) in [6.45, 7) is 2.56. The van der Waals surface area contributed by atoms with Crippen LogP contribution in [-0.4, -0.2) is 31.1 Å². The van der Waals surface area contributed by atoms with Crippen molar-refractivity contribution in [2.45, 2.75) is 25.4 Å². The van der Waals surface area contributed by atoms with Gasteiger partial charge in [0.05, 0.1) is 0 Å². The van der Waals surface area contributed by atoms with E-state index in [-0.39, 0.29) is 5.82 Å². The highest BCUT2D eigenvalue weighted by atomic mass is 19.1. The largest absolute Gasteiger partial charge is 0.382 e. The molecular formula is C13H20FN3. The van der Waals surface area contributed by atoms with Crippen LogP contribution in [0, 0.1) is 5.82 Å². The Kier molecular flexibility index (Phi) is 3.97. The highest BCUT2D eigenvalue weighted by molar-refractivity contribution is 5.47. The average Bonchev–Trinajstić information content (AvgIpc) is 2.31. The number of rotatable bonds is 3. The van der Waals surface area contributed by atoms with Crippen LogP contribution < -0.4 is 11.1 Å². The van der Waals surface area contributed by atoms with Gasteiger partial charge in [0.25, 0.3) is 0 Å². The molecule has 0 aliphatic carbocycles. The second-order valence-electron chi connectivity index (χ2n) is 4.77. The van der Waals surface area contributed by atoms with E-state index in [0.717, 1.165) is 37.2 Å². The lowest BCUT2D eigenvalue weighted by Crippen LogP contribution is -2.36. The first-order valence-electron chi connectivity index (χ1n) is 6.12. The van der Waals surface area contributed by atoms with Gasteiger partial charge in [-0.25, -0.2) is 4.39 Å². The normalized spacial score (nSPS) is 18.3. The number of nitrogens with one attached hydrogen (secondary N) is 1. The highest BCUT2D eigenvalue weighted by Crippen LogP contribution is 2.18. The summed E-state index contributed by atoms with van der Waals surface area (Å²) in [4.78, 5) is 2.31. The summed E-state index contributed by atoms with van der Waals surface area (Å²) in [6, 6.07) is 5.40. The molecule has 1 aliphatic heterocycles. The summed E-state index contributed by atoms with van der Waals surface area (Å²) in [5.41, 5.74) is 7.22. The molecule has 17 heavy (non-hydrogen) atoms. The Labute approximate surface area is 102 Å². The molecule has 0 radical (unpaired) electrons. The Morgan fingerprint density at radius 1 is 1.35 bits per heavy atom. The van der Waals surface area contributed by atoms with Gasteiger partial charge >= 0.3 is 0 Å². The van der Waals surface area contributed by atoms with Crippen LogP contribution in [0.25, 0.3) is 0 Å². The van der Waals surface area contributed by atoms with E-state index in [0.29, 0.717) is 12.6 Å². The molecule has 1 aromatic carbocycles. The van der Waals surface area contributed by atoms with Crippen molar-refractivity contribution in [3.05, 3.63) is 29.6 Å². The molecule has 94 valence electrons. The van der Waals surface area contributed by atoms with Crippen molar-refractivity contribution in [3.8, 4) is 0 Å². The minimum Gasteiger partial charge on any atom is -0.382 e. The van der Waals surface area contributed by atoms with E-state index in [1.807, 2.05) is 6.07 Å². The highest BCUT2D eigenvalue weighted by Gasteiger charge is 2.16. The summed E-state index contributed by atoms with van der Waals surface area (Å²) in [6.07, 6.45) is 2.20. The molecule has 0 amide bonds. The third kappa shape index (κ3) is 3.41. The smallest absolute Gasteiger partial charge is 0.125 e. The fraction of sp³-hybridized carbons (Fsp3) is 0.538. The summed E-state index contributed by atoms with van der Waals surface area (Å²) in [7, 11) is 2.13. The van der Waals surface area contributed by atoms with Crippen LogP contribution >= 0.6 is 0 Å². The molecule has 3 nitrogen and oxygen atoms in total. The monoisotopic (exact) mass is 237 g/mol. The number of hydrogen-bond donors (Lipinski definition) is 2. The zero-order chi connectivity index (χ0) is 12.3. The van der Waals surface area contributed by atoms with E-state index in [2.05, 4.69) is 17.3 Å². The Morgan fingerprint density at radius 3 is 2.71 bits per heavy atom. The first-order valence-corrected chi connectivity index (χ1v) is 6.12. The minimum atomic E-state index is -0.219. The van der Waals surface area contributed by atoms with Crippen molar-refractivity contribution in [1.29, 1.82) is 0 Å². The van der Waals surface area contributed by atoms with Gasteiger partial charge in [0, 0.05) is 18.3 Å².